The number of rotatable bonds is 7. The van der Waals surface area contributed by atoms with E-state index in [1.54, 1.807) is 0 Å². The number of halogens is 3. The highest BCUT2D eigenvalue weighted by Crippen LogP contribution is 2.20. The van der Waals surface area contributed by atoms with Crippen LogP contribution in [-0.4, -0.2) is 23.0 Å². The van der Waals surface area contributed by atoms with Gasteiger partial charge in [-0.15, -0.1) is 0 Å². The van der Waals surface area contributed by atoms with Crippen molar-refractivity contribution in [2.24, 2.45) is 0 Å². The number of aryl methyl sites for hydroxylation is 2. The largest absolute Gasteiger partial charge is 0.522 e. The van der Waals surface area contributed by atoms with Crippen molar-refractivity contribution in [3.63, 3.8) is 0 Å². The van der Waals surface area contributed by atoms with Crippen molar-refractivity contribution in [1.29, 1.82) is 0 Å². The van der Waals surface area contributed by atoms with Crippen LogP contribution in [0.4, 0.5) is 13.2 Å². The van der Waals surface area contributed by atoms with Gasteiger partial charge in [0.25, 0.3) is 0 Å². The molecule has 0 saturated heterocycles. The fourth-order valence-electron chi connectivity index (χ4n) is 1.77. The number of alkyl halides is 3. The average molecular weight is 343 g/mol. The Balaban J connectivity index is 0.000000472. The van der Waals surface area contributed by atoms with E-state index in [-0.39, 0.29) is 0 Å². The number of unbranched alkanes of at least 4 members (excludes halogenated alkanes) is 5. The zero-order valence-electron chi connectivity index (χ0n) is 12.9. The summed E-state index contributed by atoms with van der Waals surface area (Å²) in [6, 6.07) is 2.18. The molecule has 0 fully saturated rings. The van der Waals surface area contributed by atoms with Gasteiger partial charge in [0.05, 0.1) is 0 Å². The predicted octanol–water partition coefficient (Wildman–Crippen LogP) is 4.55. The standard InChI is InChI=1S/C13H23N.CHF3O3S/c1-3-4-5-6-7-8-10-14-11-9-13(2)12-14;2-1(3,4)8(5,6)7/h9,11-12H,3-8,10H2,1-2H3;(H,5,6,7). The van der Waals surface area contributed by atoms with Gasteiger partial charge in [0.1, 0.15) is 0 Å². The summed E-state index contributed by atoms with van der Waals surface area (Å²) < 4.78 is 59.8. The third-order valence-corrected chi connectivity index (χ3v) is 3.55. The van der Waals surface area contributed by atoms with E-state index in [9.17, 15) is 13.2 Å². The van der Waals surface area contributed by atoms with Gasteiger partial charge in [-0.25, -0.2) is 0 Å². The average Bonchev–Trinajstić information content (AvgIpc) is 2.78. The minimum atomic E-state index is -5.84. The van der Waals surface area contributed by atoms with Crippen LogP contribution in [0.1, 0.15) is 51.0 Å². The molecule has 1 aromatic heterocycles. The lowest BCUT2D eigenvalue weighted by Gasteiger charge is -2.02. The molecule has 22 heavy (non-hydrogen) atoms. The molecule has 0 radical (unpaired) electrons. The Hall–Kier alpha value is -1.02. The number of aromatic nitrogens is 1. The molecule has 0 aliphatic heterocycles. The lowest BCUT2D eigenvalue weighted by atomic mass is 10.1. The first kappa shape index (κ1) is 21.0. The van der Waals surface area contributed by atoms with Gasteiger partial charge < -0.3 is 4.57 Å². The molecule has 0 amide bonds. The summed E-state index contributed by atoms with van der Waals surface area (Å²) in [5.74, 6) is 0. The smallest absolute Gasteiger partial charge is 0.354 e. The normalized spacial score (nSPS) is 11.9. The van der Waals surface area contributed by atoms with Gasteiger partial charge in [0, 0.05) is 18.9 Å². The number of hydrogen-bond donors (Lipinski definition) is 1. The van der Waals surface area contributed by atoms with E-state index >= 15 is 0 Å². The van der Waals surface area contributed by atoms with Gasteiger partial charge in [-0.2, -0.15) is 21.6 Å². The fourth-order valence-corrected chi connectivity index (χ4v) is 1.77. The molecule has 1 heterocycles. The van der Waals surface area contributed by atoms with Gasteiger partial charge in [-0.1, -0.05) is 39.0 Å². The fraction of sp³-hybridized carbons (Fsp3) is 0.714. The molecular weight excluding hydrogens is 319 g/mol. The van der Waals surface area contributed by atoms with Gasteiger partial charge in [0.15, 0.2) is 0 Å². The lowest BCUT2D eigenvalue weighted by molar-refractivity contribution is -0.0510. The molecule has 0 spiro atoms. The summed E-state index contributed by atoms with van der Waals surface area (Å²) in [6.45, 7) is 5.61. The van der Waals surface area contributed by atoms with Crippen LogP contribution >= 0.6 is 0 Å². The highest BCUT2D eigenvalue weighted by molar-refractivity contribution is 7.86. The van der Waals surface area contributed by atoms with Crippen LogP contribution in [0.3, 0.4) is 0 Å². The molecule has 1 N–H and O–H groups in total. The van der Waals surface area contributed by atoms with E-state index in [4.69, 9.17) is 13.0 Å². The quantitative estimate of drug-likeness (QED) is 0.449. The Morgan fingerprint density at radius 1 is 1.14 bits per heavy atom. The molecule has 0 aliphatic carbocycles. The number of nitrogens with zero attached hydrogens (tertiary/aromatic N) is 1. The summed E-state index contributed by atoms with van der Waals surface area (Å²) in [4.78, 5) is 0. The Morgan fingerprint density at radius 3 is 2.05 bits per heavy atom. The minimum absolute atomic E-state index is 1.19. The van der Waals surface area contributed by atoms with Crippen LogP contribution in [-0.2, 0) is 16.7 Å². The third-order valence-electron chi connectivity index (χ3n) is 2.96. The highest BCUT2D eigenvalue weighted by Gasteiger charge is 2.44. The lowest BCUT2D eigenvalue weighted by Crippen LogP contribution is -2.21. The van der Waals surface area contributed by atoms with E-state index in [1.807, 2.05) is 0 Å². The summed E-state index contributed by atoms with van der Waals surface area (Å²) in [5, 5.41) is 0. The van der Waals surface area contributed by atoms with Gasteiger partial charge in [-0.3, -0.25) is 4.55 Å². The molecule has 1 rings (SSSR count). The molecule has 1 aromatic rings. The van der Waals surface area contributed by atoms with E-state index in [0.29, 0.717) is 0 Å². The van der Waals surface area contributed by atoms with Crippen molar-refractivity contribution >= 4 is 10.1 Å². The Kier molecular flexibility index (Phi) is 9.43. The zero-order chi connectivity index (χ0) is 17.2. The molecule has 0 bridgehead atoms. The van der Waals surface area contributed by atoms with Crippen LogP contribution in [0.5, 0.6) is 0 Å². The van der Waals surface area contributed by atoms with Crippen LogP contribution < -0.4 is 0 Å². The molecule has 0 saturated carbocycles. The van der Waals surface area contributed by atoms with Gasteiger partial charge in [-0.05, 0) is 25.0 Å². The Labute approximate surface area is 130 Å². The second-order valence-corrected chi connectivity index (χ2v) is 6.53. The second kappa shape index (κ2) is 9.89. The maximum atomic E-state index is 10.7. The number of hydrogen-bond acceptors (Lipinski definition) is 2. The molecule has 8 heteroatoms. The Morgan fingerprint density at radius 2 is 1.64 bits per heavy atom. The van der Waals surface area contributed by atoms with E-state index in [2.05, 4.69) is 36.9 Å². The van der Waals surface area contributed by atoms with Crippen molar-refractivity contribution in [2.45, 2.75) is 64.4 Å². The van der Waals surface area contributed by atoms with Crippen molar-refractivity contribution < 1.29 is 26.1 Å². The highest BCUT2D eigenvalue weighted by atomic mass is 32.2. The summed E-state index contributed by atoms with van der Waals surface area (Å²) >= 11 is 0. The maximum absolute atomic E-state index is 10.7. The topological polar surface area (TPSA) is 59.3 Å². The molecule has 0 atom stereocenters. The van der Waals surface area contributed by atoms with E-state index in [0.717, 1.165) is 0 Å². The SMILES string of the molecule is CCCCCCCCn1ccc(C)c1.O=S(=O)(O)C(F)(F)F. The Bertz CT molecular complexity index is 510. The molecule has 0 aromatic carbocycles. The molecule has 130 valence electrons. The minimum Gasteiger partial charge on any atom is -0.354 e. The first-order valence-electron chi connectivity index (χ1n) is 7.24. The molecule has 0 unspecified atom stereocenters. The van der Waals surface area contributed by atoms with Gasteiger partial charge in [0.2, 0.25) is 0 Å². The van der Waals surface area contributed by atoms with Crippen LogP contribution in [0.15, 0.2) is 18.5 Å². The maximum Gasteiger partial charge on any atom is 0.522 e. The summed E-state index contributed by atoms with van der Waals surface area (Å²) in [7, 11) is -5.84. The van der Waals surface area contributed by atoms with Gasteiger partial charge >= 0.3 is 15.6 Å². The van der Waals surface area contributed by atoms with Crippen LogP contribution in [0.25, 0.3) is 0 Å². The van der Waals surface area contributed by atoms with Crippen molar-refractivity contribution in [1.82, 2.24) is 4.57 Å². The first-order chi connectivity index (χ1) is 10.1. The molecule has 4 nitrogen and oxygen atoms in total. The third kappa shape index (κ3) is 9.83. The van der Waals surface area contributed by atoms with Crippen molar-refractivity contribution in [3.8, 4) is 0 Å². The van der Waals surface area contributed by atoms with Crippen LogP contribution in [0.2, 0.25) is 0 Å². The van der Waals surface area contributed by atoms with Crippen molar-refractivity contribution in [2.75, 3.05) is 0 Å². The predicted molar refractivity (Wildman–Crippen MR) is 80.1 cm³/mol. The molecule has 0 aliphatic rings. The second-order valence-electron chi connectivity index (χ2n) is 5.12. The van der Waals surface area contributed by atoms with Crippen LogP contribution in [0, 0.1) is 6.92 Å². The van der Waals surface area contributed by atoms with E-state index < -0.39 is 15.6 Å². The van der Waals surface area contributed by atoms with Crippen molar-refractivity contribution in [3.05, 3.63) is 24.0 Å². The zero-order valence-corrected chi connectivity index (χ0v) is 13.8. The molecular formula is C14H24F3NO3S. The summed E-state index contributed by atoms with van der Waals surface area (Å²) in [6.07, 6.45) is 12.7. The first-order valence-corrected chi connectivity index (χ1v) is 8.68. The summed E-state index contributed by atoms with van der Waals surface area (Å²) in [5.41, 5.74) is -4.16. The van der Waals surface area contributed by atoms with E-state index in [1.165, 1.54) is 50.6 Å². The monoisotopic (exact) mass is 343 g/mol.